The highest BCUT2D eigenvalue weighted by molar-refractivity contribution is 7.15. The van der Waals surface area contributed by atoms with Crippen LogP contribution >= 0.6 is 11.3 Å². The van der Waals surface area contributed by atoms with E-state index in [1.807, 2.05) is 24.3 Å². The maximum Gasteiger partial charge on any atom is 0.291 e. The molecule has 0 N–H and O–H groups in total. The average molecular weight is 409 g/mol. The maximum atomic E-state index is 13.4. The minimum absolute atomic E-state index is 0.260. The zero-order valence-electron chi connectivity index (χ0n) is 16.0. The molecule has 4 rings (SSSR count). The molecule has 0 aliphatic carbocycles. The molecule has 0 saturated carbocycles. The average Bonchev–Trinajstić information content (AvgIpc) is 3.26. The van der Waals surface area contributed by atoms with Gasteiger partial charge in [0.05, 0.1) is 11.1 Å². The van der Waals surface area contributed by atoms with Crippen molar-refractivity contribution in [2.75, 3.05) is 6.61 Å². The van der Waals surface area contributed by atoms with Crippen LogP contribution < -0.4 is 14.8 Å². The summed E-state index contributed by atoms with van der Waals surface area (Å²) in [6, 6.07) is 13.7. The van der Waals surface area contributed by atoms with Crippen molar-refractivity contribution in [2.24, 2.45) is 0 Å². The van der Waals surface area contributed by atoms with Crippen molar-refractivity contribution in [3.63, 3.8) is 0 Å². The second-order valence-electron chi connectivity index (χ2n) is 6.68. The zero-order valence-corrected chi connectivity index (χ0v) is 16.8. The van der Waals surface area contributed by atoms with Gasteiger partial charge in [-0.15, -0.1) is 5.10 Å². The van der Waals surface area contributed by atoms with Crippen molar-refractivity contribution in [2.45, 2.75) is 26.2 Å². The minimum Gasteiger partial charge on any atom is -0.494 e. The van der Waals surface area contributed by atoms with Gasteiger partial charge in [0.1, 0.15) is 11.6 Å². The Balaban J connectivity index is 1.56. The van der Waals surface area contributed by atoms with E-state index >= 15 is 0 Å². The molecule has 4 aromatic rings. The molecule has 2 aromatic carbocycles. The predicted octanol–water partition coefficient (Wildman–Crippen LogP) is 4.07. The van der Waals surface area contributed by atoms with Crippen molar-refractivity contribution in [3.8, 4) is 17.1 Å². The zero-order chi connectivity index (χ0) is 20.2. The van der Waals surface area contributed by atoms with Gasteiger partial charge in [-0.05, 0) is 54.5 Å². The lowest BCUT2D eigenvalue weighted by molar-refractivity contribution is 0.306. The molecule has 0 unspecified atom stereocenters. The van der Waals surface area contributed by atoms with Gasteiger partial charge in [-0.2, -0.15) is 9.50 Å². The van der Waals surface area contributed by atoms with Crippen LogP contribution in [-0.2, 0) is 0 Å². The Morgan fingerprint density at radius 1 is 1.17 bits per heavy atom. The van der Waals surface area contributed by atoms with Crippen molar-refractivity contribution < 1.29 is 9.13 Å². The number of ether oxygens (including phenoxy) is 1. The van der Waals surface area contributed by atoms with E-state index in [9.17, 15) is 9.18 Å². The Labute approximate surface area is 171 Å². The largest absolute Gasteiger partial charge is 0.494 e. The van der Waals surface area contributed by atoms with E-state index in [1.54, 1.807) is 18.2 Å². The molecule has 0 atom stereocenters. The number of unbranched alkanes of at least 4 members (excludes halogenated alkanes) is 2. The van der Waals surface area contributed by atoms with Gasteiger partial charge >= 0.3 is 0 Å². The molecule has 0 fully saturated rings. The van der Waals surface area contributed by atoms with Gasteiger partial charge in [-0.1, -0.05) is 43.2 Å². The summed E-state index contributed by atoms with van der Waals surface area (Å²) >= 11 is 1.23. The Hall–Kier alpha value is -3.06. The summed E-state index contributed by atoms with van der Waals surface area (Å²) in [7, 11) is 0. The molecule has 0 aliphatic heterocycles. The molecule has 2 aromatic heterocycles. The van der Waals surface area contributed by atoms with Gasteiger partial charge in [0.25, 0.3) is 5.56 Å². The lowest BCUT2D eigenvalue weighted by Gasteiger charge is -2.05. The molecular weight excluding hydrogens is 389 g/mol. The summed E-state index contributed by atoms with van der Waals surface area (Å²) in [4.78, 5) is 17.6. The van der Waals surface area contributed by atoms with Crippen LogP contribution in [0.25, 0.3) is 22.4 Å². The van der Waals surface area contributed by atoms with Crippen LogP contribution in [0.5, 0.6) is 5.75 Å². The number of nitrogens with zero attached hydrogens (tertiary/aromatic N) is 3. The first-order chi connectivity index (χ1) is 14.1. The summed E-state index contributed by atoms with van der Waals surface area (Å²) in [5, 5.41) is 4.35. The number of fused-ring (bicyclic) bond motifs is 1. The summed E-state index contributed by atoms with van der Waals surface area (Å²) in [5.74, 6) is 0.955. The fourth-order valence-corrected chi connectivity index (χ4v) is 3.85. The van der Waals surface area contributed by atoms with E-state index in [-0.39, 0.29) is 11.4 Å². The third-order valence-corrected chi connectivity index (χ3v) is 5.42. The molecule has 0 spiro atoms. The van der Waals surface area contributed by atoms with Crippen LogP contribution in [0.4, 0.5) is 4.39 Å². The molecule has 0 saturated heterocycles. The number of halogens is 1. The first-order valence-electron chi connectivity index (χ1n) is 9.54. The van der Waals surface area contributed by atoms with Crippen LogP contribution in [0.1, 0.15) is 31.7 Å². The molecule has 5 nitrogen and oxygen atoms in total. The van der Waals surface area contributed by atoms with Gasteiger partial charge in [-0.3, -0.25) is 4.79 Å². The molecule has 0 amide bonds. The van der Waals surface area contributed by atoms with E-state index < -0.39 is 0 Å². The molecule has 0 radical (unpaired) electrons. The monoisotopic (exact) mass is 409 g/mol. The normalized spacial score (nSPS) is 12.0. The van der Waals surface area contributed by atoms with Crippen LogP contribution in [0.15, 0.2) is 53.3 Å². The van der Waals surface area contributed by atoms with E-state index in [1.165, 1.54) is 28.0 Å². The fourth-order valence-electron chi connectivity index (χ4n) is 2.95. The van der Waals surface area contributed by atoms with Crippen molar-refractivity contribution in [3.05, 3.63) is 74.8 Å². The third kappa shape index (κ3) is 4.35. The highest BCUT2D eigenvalue weighted by atomic mass is 32.1. The van der Waals surface area contributed by atoms with Crippen LogP contribution in [0.3, 0.4) is 0 Å². The number of thiazole rings is 1. The molecular formula is C22H20FN3O2S. The lowest BCUT2D eigenvalue weighted by Crippen LogP contribution is -2.23. The summed E-state index contributed by atoms with van der Waals surface area (Å²) in [6.45, 7) is 2.86. The second kappa shape index (κ2) is 8.53. The Morgan fingerprint density at radius 3 is 2.72 bits per heavy atom. The lowest BCUT2D eigenvalue weighted by atomic mass is 10.2. The maximum absolute atomic E-state index is 13.4. The molecule has 29 heavy (non-hydrogen) atoms. The quantitative estimate of drug-likeness (QED) is 0.432. The minimum atomic E-state index is -0.342. The molecule has 0 bridgehead atoms. The van der Waals surface area contributed by atoms with Crippen LogP contribution in [0, 0.1) is 5.82 Å². The van der Waals surface area contributed by atoms with E-state index in [0.29, 0.717) is 27.5 Å². The van der Waals surface area contributed by atoms with Gasteiger partial charge < -0.3 is 4.74 Å². The standard InChI is InChI=1S/C22H20FN3O2S/c1-2-3-4-12-28-18-10-8-16(9-11-18)20-24-22-26(25-20)21(27)19(29-22)14-15-6-5-7-17(23)13-15/h5-11,13-14H,2-4,12H2,1H3. The van der Waals surface area contributed by atoms with Crippen LogP contribution in [-0.4, -0.2) is 21.2 Å². The Morgan fingerprint density at radius 2 is 2.00 bits per heavy atom. The number of aromatic nitrogens is 3. The Kier molecular flexibility index (Phi) is 5.67. The van der Waals surface area contributed by atoms with Crippen LogP contribution in [0.2, 0.25) is 0 Å². The summed E-state index contributed by atoms with van der Waals surface area (Å²) in [5.41, 5.74) is 1.18. The van der Waals surface area contributed by atoms with Gasteiger partial charge in [-0.25, -0.2) is 4.39 Å². The predicted molar refractivity (Wildman–Crippen MR) is 113 cm³/mol. The highest BCUT2D eigenvalue weighted by Crippen LogP contribution is 2.20. The van der Waals surface area contributed by atoms with Crippen molar-refractivity contribution >= 4 is 22.4 Å². The first-order valence-corrected chi connectivity index (χ1v) is 10.4. The third-order valence-electron chi connectivity index (χ3n) is 4.46. The molecule has 0 aliphatic rings. The number of hydrogen-bond donors (Lipinski definition) is 0. The van der Waals surface area contributed by atoms with E-state index in [4.69, 9.17) is 4.74 Å². The van der Waals surface area contributed by atoms with Crippen molar-refractivity contribution in [1.29, 1.82) is 0 Å². The number of benzene rings is 2. The smallest absolute Gasteiger partial charge is 0.291 e. The summed E-state index contributed by atoms with van der Waals surface area (Å²) < 4.78 is 20.8. The van der Waals surface area contributed by atoms with Gasteiger partial charge in [0.2, 0.25) is 4.96 Å². The molecule has 7 heteroatoms. The molecule has 2 heterocycles. The molecule has 148 valence electrons. The van der Waals surface area contributed by atoms with Gasteiger partial charge in [0, 0.05) is 5.56 Å². The second-order valence-corrected chi connectivity index (χ2v) is 7.69. The number of rotatable bonds is 7. The van der Waals surface area contributed by atoms with Crippen molar-refractivity contribution in [1.82, 2.24) is 14.6 Å². The summed E-state index contributed by atoms with van der Waals surface area (Å²) in [6.07, 6.45) is 5.01. The first kappa shape index (κ1) is 19.3. The van der Waals surface area contributed by atoms with Gasteiger partial charge in [0.15, 0.2) is 5.82 Å². The fraction of sp³-hybridized carbons (Fsp3) is 0.227. The SMILES string of the molecule is CCCCCOc1ccc(-c2nc3sc(=Cc4cccc(F)c4)c(=O)n3n2)cc1. The number of hydrogen-bond acceptors (Lipinski definition) is 5. The topological polar surface area (TPSA) is 56.5 Å². The van der Waals surface area contributed by atoms with E-state index in [2.05, 4.69) is 17.0 Å². The highest BCUT2D eigenvalue weighted by Gasteiger charge is 2.12. The van der Waals surface area contributed by atoms with E-state index in [0.717, 1.165) is 30.6 Å². The Bertz CT molecular complexity index is 1230.